The van der Waals surface area contributed by atoms with E-state index in [4.69, 9.17) is 0 Å². The fourth-order valence-corrected chi connectivity index (χ4v) is 2.10. The quantitative estimate of drug-likeness (QED) is 0.756. The minimum absolute atomic E-state index is 0.269. The molecule has 0 radical (unpaired) electrons. The van der Waals surface area contributed by atoms with E-state index >= 15 is 0 Å². The normalized spacial score (nSPS) is 12.1. The van der Waals surface area contributed by atoms with Crippen LogP contribution in [0.3, 0.4) is 0 Å². The second-order valence-electron chi connectivity index (χ2n) is 3.93. The first kappa shape index (κ1) is 11.5. The predicted octanol–water partition coefficient (Wildman–Crippen LogP) is 2.57. The maximum absolute atomic E-state index is 9.21. The van der Waals surface area contributed by atoms with E-state index in [2.05, 4.69) is 20.1 Å². The van der Waals surface area contributed by atoms with Gasteiger partial charge in [0, 0.05) is 6.16 Å². The van der Waals surface area contributed by atoms with Gasteiger partial charge in [0.2, 0.25) is 0 Å². The molecule has 1 aromatic rings. The molecular formula is C11H17O2P. The van der Waals surface area contributed by atoms with Crippen molar-refractivity contribution in [2.75, 3.05) is 0 Å². The molecule has 0 atom stereocenters. The Morgan fingerprint density at radius 3 is 2.07 bits per heavy atom. The minimum Gasteiger partial charge on any atom is -0.353 e. The van der Waals surface area contributed by atoms with Gasteiger partial charge in [0.25, 0.3) is 0 Å². The Hall–Kier alpha value is -0.560. The van der Waals surface area contributed by atoms with E-state index in [0.29, 0.717) is 5.92 Å². The zero-order valence-electron chi connectivity index (χ0n) is 8.64. The van der Waals surface area contributed by atoms with Gasteiger partial charge in [-0.2, -0.15) is 0 Å². The zero-order valence-corrected chi connectivity index (χ0v) is 9.54. The largest absolute Gasteiger partial charge is 0.353 e. The summed E-state index contributed by atoms with van der Waals surface area (Å²) in [6, 6.07) is 7.91. The first-order chi connectivity index (χ1) is 6.38. The third-order valence-corrected chi connectivity index (χ3v) is 2.95. The summed E-state index contributed by atoms with van der Waals surface area (Å²) in [5, 5.41) is 0. The first-order valence-electron chi connectivity index (χ1n) is 4.65. The van der Waals surface area contributed by atoms with Crippen LogP contribution in [-0.4, -0.2) is 16.1 Å². The van der Waals surface area contributed by atoms with Crippen molar-refractivity contribution in [3.63, 3.8) is 0 Å². The van der Waals surface area contributed by atoms with Crippen LogP contribution in [0, 0.1) is 0 Å². The van der Waals surface area contributed by atoms with Gasteiger partial charge in [0.05, 0.1) is 0 Å². The molecule has 0 saturated carbocycles. The van der Waals surface area contributed by atoms with Crippen LogP contribution in [0.1, 0.15) is 30.9 Å². The summed E-state index contributed by atoms with van der Waals surface area (Å²) in [6.45, 7) is 4.26. The summed E-state index contributed by atoms with van der Waals surface area (Å²) in [5.41, 5.74) is 2.19. The van der Waals surface area contributed by atoms with Crippen molar-refractivity contribution >= 4 is 13.6 Å². The Kier molecular flexibility index (Phi) is 3.54. The fraction of sp³-hybridized carbons (Fsp3) is 0.364. The second kappa shape index (κ2) is 4.31. The van der Waals surface area contributed by atoms with Gasteiger partial charge >= 0.3 is 0 Å². The lowest BCUT2D eigenvalue weighted by Crippen LogP contribution is -1.90. The Morgan fingerprint density at radius 2 is 1.71 bits per heavy atom. The molecule has 14 heavy (non-hydrogen) atoms. The van der Waals surface area contributed by atoms with Crippen LogP contribution in [0.5, 0.6) is 0 Å². The highest BCUT2D eigenvalue weighted by molar-refractivity contribution is 7.61. The number of hydrogen-bond acceptors (Lipinski definition) is 2. The Bertz CT molecular complexity index is 335. The van der Waals surface area contributed by atoms with E-state index < -0.39 is 7.34 Å². The van der Waals surface area contributed by atoms with Crippen LogP contribution in [0.25, 0.3) is 0 Å². The summed E-state index contributed by atoms with van der Waals surface area (Å²) < 4.78 is 0. The molecule has 0 spiro atoms. The molecule has 78 valence electrons. The maximum Gasteiger partial charge on any atom is 0.116 e. The molecule has 0 bridgehead atoms. The van der Waals surface area contributed by atoms with Crippen LogP contribution in [0.4, 0.5) is 0 Å². The van der Waals surface area contributed by atoms with Crippen molar-refractivity contribution in [2.24, 2.45) is 0 Å². The van der Waals surface area contributed by atoms with Gasteiger partial charge in [0.1, 0.15) is 7.34 Å². The molecule has 3 heteroatoms. The van der Waals surface area contributed by atoms with Crippen molar-refractivity contribution < 1.29 is 9.79 Å². The standard InChI is InChI=1S/C11H17O2P/c1-9(2)11-6-4-10(5-7-11)8-14(3,12)13/h4-7,9,12-13H,3,8H2,1-2H3. The van der Waals surface area contributed by atoms with Crippen molar-refractivity contribution in [1.29, 1.82) is 0 Å². The summed E-state index contributed by atoms with van der Waals surface area (Å²) >= 11 is 0. The van der Waals surface area contributed by atoms with Crippen LogP contribution < -0.4 is 0 Å². The lowest BCUT2D eigenvalue weighted by Gasteiger charge is -2.11. The third-order valence-electron chi connectivity index (χ3n) is 2.08. The van der Waals surface area contributed by atoms with Gasteiger partial charge in [-0.1, -0.05) is 44.4 Å². The van der Waals surface area contributed by atoms with Crippen LogP contribution in [0.15, 0.2) is 24.3 Å². The molecule has 2 N–H and O–H groups in total. The average molecular weight is 212 g/mol. The molecule has 0 aliphatic rings. The van der Waals surface area contributed by atoms with Crippen molar-refractivity contribution in [3.8, 4) is 0 Å². The molecule has 0 fully saturated rings. The summed E-state index contributed by atoms with van der Waals surface area (Å²) in [4.78, 5) is 18.4. The molecule has 0 heterocycles. The van der Waals surface area contributed by atoms with E-state index in [0.717, 1.165) is 5.56 Å². The summed E-state index contributed by atoms with van der Waals surface area (Å²) in [6.07, 6.45) is 3.61. The van der Waals surface area contributed by atoms with Gasteiger partial charge in [-0.05, 0) is 17.0 Å². The molecule has 1 aromatic carbocycles. The summed E-state index contributed by atoms with van der Waals surface area (Å²) in [5.74, 6) is 0.506. The third kappa shape index (κ3) is 3.67. The van der Waals surface area contributed by atoms with Gasteiger partial charge < -0.3 is 9.79 Å². The monoisotopic (exact) mass is 212 g/mol. The number of rotatable bonds is 3. The molecule has 0 aliphatic carbocycles. The highest BCUT2D eigenvalue weighted by atomic mass is 31.2. The zero-order chi connectivity index (χ0) is 10.8. The second-order valence-corrected chi connectivity index (χ2v) is 6.01. The van der Waals surface area contributed by atoms with Crippen LogP contribution in [0.2, 0.25) is 0 Å². The lowest BCUT2D eigenvalue weighted by atomic mass is 10.0. The van der Waals surface area contributed by atoms with E-state index in [9.17, 15) is 9.79 Å². The minimum atomic E-state index is -2.93. The number of hydrogen-bond donors (Lipinski definition) is 2. The van der Waals surface area contributed by atoms with Gasteiger partial charge in [-0.3, -0.25) is 0 Å². The predicted molar refractivity (Wildman–Crippen MR) is 62.7 cm³/mol. The fourth-order valence-electron chi connectivity index (χ4n) is 1.30. The van der Waals surface area contributed by atoms with Crippen molar-refractivity contribution in [2.45, 2.75) is 25.9 Å². The van der Waals surface area contributed by atoms with E-state index in [1.165, 1.54) is 5.56 Å². The van der Waals surface area contributed by atoms with Crippen LogP contribution >= 0.6 is 7.34 Å². The van der Waals surface area contributed by atoms with E-state index in [1.54, 1.807) is 0 Å². The molecule has 1 rings (SSSR count). The Morgan fingerprint density at radius 1 is 1.21 bits per heavy atom. The maximum atomic E-state index is 9.21. The van der Waals surface area contributed by atoms with Gasteiger partial charge in [-0.15, -0.1) is 0 Å². The Labute approximate surface area is 85.4 Å². The molecule has 0 unspecified atom stereocenters. The molecule has 0 amide bonds. The first-order valence-corrected chi connectivity index (χ1v) is 6.72. The molecule has 0 saturated heterocycles. The lowest BCUT2D eigenvalue weighted by molar-refractivity contribution is 0.475. The topological polar surface area (TPSA) is 40.5 Å². The average Bonchev–Trinajstić information content (AvgIpc) is 2.02. The van der Waals surface area contributed by atoms with Crippen molar-refractivity contribution in [3.05, 3.63) is 35.4 Å². The summed E-state index contributed by atoms with van der Waals surface area (Å²) in [7, 11) is -2.93. The Balaban J connectivity index is 2.79. The molecule has 2 nitrogen and oxygen atoms in total. The van der Waals surface area contributed by atoms with Crippen molar-refractivity contribution in [1.82, 2.24) is 0 Å². The molecule has 0 aliphatic heterocycles. The highest BCUT2D eigenvalue weighted by Gasteiger charge is 2.06. The number of benzene rings is 1. The van der Waals surface area contributed by atoms with E-state index in [1.807, 2.05) is 24.3 Å². The molecule has 0 aromatic heterocycles. The smallest absolute Gasteiger partial charge is 0.116 e. The van der Waals surface area contributed by atoms with Crippen LogP contribution in [-0.2, 0) is 6.16 Å². The van der Waals surface area contributed by atoms with Gasteiger partial charge in [0.15, 0.2) is 0 Å². The molecular weight excluding hydrogens is 195 g/mol. The van der Waals surface area contributed by atoms with Gasteiger partial charge in [-0.25, -0.2) is 0 Å². The SMILES string of the molecule is C=P(O)(O)Cc1ccc(C(C)C)cc1. The van der Waals surface area contributed by atoms with E-state index in [-0.39, 0.29) is 6.16 Å². The highest BCUT2D eigenvalue weighted by Crippen LogP contribution is 2.38.